The molecule has 5 aromatic rings. The molecule has 0 saturated heterocycles. The number of hydrogen-bond acceptors (Lipinski definition) is 6. The third-order valence-corrected chi connectivity index (χ3v) is 6.61. The summed E-state index contributed by atoms with van der Waals surface area (Å²) in [4.78, 5) is 27.7. The highest BCUT2D eigenvalue weighted by Crippen LogP contribution is 2.21. The molecule has 0 bridgehead atoms. The van der Waals surface area contributed by atoms with E-state index in [4.69, 9.17) is 14.9 Å². The van der Waals surface area contributed by atoms with Crippen LogP contribution in [0, 0.1) is 0 Å². The molecule has 0 fully saturated rings. The summed E-state index contributed by atoms with van der Waals surface area (Å²) in [6.07, 6.45) is 0.848. The van der Waals surface area contributed by atoms with E-state index in [0.717, 1.165) is 11.8 Å². The van der Waals surface area contributed by atoms with Gasteiger partial charge in [0.2, 0.25) is 0 Å². The van der Waals surface area contributed by atoms with Crippen LogP contribution in [0.5, 0.6) is 5.75 Å². The van der Waals surface area contributed by atoms with Gasteiger partial charge in [-0.15, -0.1) is 0 Å². The Morgan fingerprint density at radius 3 is 2.37 bits per heavy atom. The molecular weight excluding hydrogens is 516 g/mol. The number of carbonyl (C=O) groups is 2. The molecule has 2 amide bonds. The van der Waals surface area contributed by atoms with Crippen molar-refractivity contribution in [1.82, 2.24) is 10.2 Å². The van der Waals surface area contributed by atoms with Crippen molar-refractivity contribution in [1.29, 1.82) is 0 Å². The lowest BCUT2D eigenvalue weighted by Crippen LogP contribution is -2.41. The SMILES string of the molecule is Nc1ccccc1NC(=O)c1ccc(OCCN(CNCCc2ccccc2)C(=O)c2cc3ccccc3o2)cc1. The summed E-state index contributed by atoms with van der Waals surface area (Å²) in [7, 11) is 0. The van der Waals surface area contributed by atoms with Crippen LogP contribution in [0.4, 0.5) is 11.4 Å². The van der Waals surface area contributed by atoms with Crippen LogP contribution in [0.15, 0.2) is 114 Å². The number of fused-ring (bicyclic) bond motifs is 1. The maximum atomic E-state index is 13.4. The largest absolute Gasteiger partial charge is 0.492 e. The van der Waals surface area contributed by atoms with Gasteiger partial charge in [-0.05, 0) is 60.5 Å². The Morgan fingerprint density at radius 1 is 0.854 bits per heavy atom. The number of nitrogen functional groups attached to an aromatic ring is 1. The predicted octanol–water partition coefficient (Wildman–Crippen LogP) is 5.58. The number of nitrogens with two attached hydrogens (primary N) is 1. The Morgan fingerprint density at radius 2 is 1.59 bits per heavy atom. The molecule has 0 aliphatic carbocycles. The highest BCUT2D eigenvalue weighted by atomic mass is 16.5. The second kappa shape index (κ2) is 13.3. The van der Waals surface area contributed by atoms with E-state index in [1.54, 1.807) is 47.4 Å². The minimum Gasteiger partial charge on any atom is -0.492 e. The molecule has 8 heteroatoms. The minimum absolute atomic E-state index is 0.218. The first-order valence-corrected chi connectivity index (χ1v) is 13.5. The van der Waals surface area contributed by atoms with Gasteiger partial charge in [-0.3, -0.25) is 14.9 Å². The van der Waals surface area contributed by atoms with Gasteiger partial charge < -0.3 is 25.1 Å². The van der Waals surface area contributed by atoms with Crippen molar-refractivity contribution in [3.05, 3.63) is 126 Å². The van der Waals surface area contributed by atoms with Crippen LogP contribution in [0.25, 0.3) is 11.0 Å². The quantitative estimate of drug-likeness (QED) is 0.107. The Hall–Kier alpha value is -5.08. The lowest BCUT2D eigenvalue weighted by Gasteiger charge is -2.22. The maximum absolute atomic E-state index is 13.4. The molecule has 4 N–H and O–H groups in total. The summed E-state index contributed by atoms with van der Waals surface area (Å²) in [5, 5.41) is 7.05. The van der Waals surface area contributed by atoms with Crippen molar-refractivity contribution in [3.8, 4) is 5.75 Å². The first-order chi connectivity index (χ1) is 20.1. The van der Waals surface area contributed by atoms with Gasteiger partial charge in [-0.25, -0.2) is 0 Å². The van der Waals surface area contributed by atoms with Gasteiger partial charge in [0.25, 0.3) is 11.8 Å². The zero-order valence-electron chi connectivity index (χ0n) is 22.6. The fraction of sp³-hybridized carbons (Fsp3) is 0.152. The summed E-state index contributed by atoms with van der Waals surface area (Å²) < 4.78 is 11.8. The molecule has 0 aliphatic rings. The van der Waals surface area contributed by atoms with Gasteiger partial charge in [0, 0.05) is 17.5 Å². The summed E-state index contributed by atoms with van der Waals surface area (Å²) in [5.74, 6) is 0.391. The standard InChI is InChI=1S/C33H32N4O4/c34-28-11-5-6-12-29(28)36-32(38)25-14-16-27(17-15-25)40-21-20-37(23-35-19-18-24-8-2-1-3-9-24)33(39)31-22-26-10-4-7-13-30(26)41-31/h1-17,22,35H,18-21,23,34H2,(H,36,38). The molecule has 1 heterocycles. The normalized spacial score (nSPS) is 10.8. The number of ether oxygens (including phenoxy) is 1. The van der Waals surface area contributed by atoms with E-state index < -0.39 is 0 Å². The second-order valence-corrected chi connectivity index (χ2v) is 9.52. The molecule has 5 rings (SSSR count). The summed E-state index contributed by atoms with van der Waals surface area (Å²) in [6.45, 7) is 1.66. The molecule has 8 nitrogen and oxygen atoms in total. The zero-order chi connectivity index (χ0) is 28.4. The fourth-order valence-electron chi connectivity index (χ4n) is 4.37. The fourth-order valence-corrected chi connectivity index (χ4v) is 4.37. The number of nitrogens with zero attached hydrogens (tertiary/aromatic N) is 1. The van der Waals surface area contributed by atoms with Gasteiger partial charge >= 0.3 is 0 Å². The van der Waals surface area contributed by atoms with E-state index in [1.165, 1.54) is 5.56 Å². The molecule has 208 valence electrons. The molecule has 41 heavy (non-hydrogen) atoms. The molecule has 0 unspecified atom stereocenters. The number of furan rings is 1. The minimum atomic E-state index is -0.265. The third kappa shape index (κ3) is 7.32. The van der Waals surface area contributed by atoms with Gasteiger partial charge in [-0.1, -0.05) is 60.7 Å². The van der Waals surface area contributed by atoms with E-state index in [9.17, 15) is 9.59 Å². The van der Waals surface area contributed by atoms with Crippen LogP contribution in [0.1, 0.15) is 26.5 Å². The Bertz CT molecular complexity index is 1570. The summed E-state index contributed by atoms with van der Waals surface area (Å²) in [5.41, 5.74) is 9.35. The molecule has 0 spiro atoms. The van der Waals surface area contributed by atoms with E-state index in [2.05, 4.69) is 22.8 Å². The Labute approximate surface area is 238 Å². The molecule has 1 aromatic heterocycles. The second-order valence-electron chi connectivity index (χ2n) is 9.52. The first kappa shape index (κ1) is 27.5. The highest BCUT2D eigenvalue weighted by Gasteiger charge is 2.20. The Kier molecular flexibility index (Phi) is 8.93. The molecule has 0 saturated carbocycles. The van der Waals surface area contributed by atoms with Gasteiger partial charge in [-0.2, -0.15) is 0 Å². The van der Waals surface area contributed by atoms with Crippen LogP contribution in [0.2, 0.25) is 0 Å². The average Bonchev–Trinajstić information content (AvgIpc) is 3.44. The number of rotatable bonds is 12. The lowest BCUT2D eigenvalue weighted by molar-refractivity contribution is 0.0686. The number of para-hydroxylation sites is 3. The topological polar surface area (TPSA) is 110 Å². The van der Waals surface area contributed by atoms with Crippen LogP contribution in [-0.4, -0.2) is 43.1 Å². The molecule has 0 atom stereocenters. The van der Waals surface area contributed by atoms with E-state index in [0.29, 0.717) is 48.0 Å². The number of benzene rings is 4. The van der Waals surface area contributed by atoms with Crippen LogP contribution >= 0.6 is 0 Å². The van der Waals surface area contributed by atoms with Crippen molar-refractivity contribution >= 4 is 34.2 Å². The first-order valence-electron chi connectivity index (χ1n) is 13.5. The van der Waals surface area contributed by atoms with E-state index >= 15 is 0 Å². The van der Waals surface area contributed by atoms with E-state index in [-0.39, 0.29) is 24.2 Å². The van der Waals surface area contributed by atoms with Gasteiger partial charge in [0.1, 0.15) is 17.9 Å². The van der Waals surface area contributed by atoms with Crippen LogP contribution in [0.3, 0.4) is 0 Å². The van der Waals surface area contributed by atoms with Gasteiger partial charge in [0.05, 0.1) is 24.6 Å². The van der Waals surface area contributed by atoms with Crippen molar-refractivity contribution in [3.63, 3.8) is 0 Å². The zero-order valence-corrected chi connectivity index (χ0v) is 22.6. The van der Waals surface area contributed by atoms with Crippen molar-refractivity contribution in [2.75, 3.05) is 37.4 Å². The van der Waals surface area contributed by atoms with Gasteiger partial charge in [0.15, 0.2) is 5.76 Å². The van der Waals surface area contributed by atoms with Crippen molar-refractivity contribution in [2.24, 2.45) is 0 Å². The smallest absolute Gasteiger partial charge is 0.290 e. The molecule has 0 radical (unpaired) electrons. The maximum Gasteiger partial charge on any atom is 0.290 e. The number of anilines is 2. The molecular formula is C33H32N4O4. The van der Waals surface area contributed by atoms with Crippen LogP contribution < -0.4 is 21.1 Å². The van der Waals surface area contributed by atoms with Crippen LogP contribution in [-0.2, 0) is 6.42 Å². The van der Waals surface area contributed by atoms with E-state index in [1.807, 2.05) is 54.6 Å². The average molecular weight is 549 g/mol. The third-order valence-electron chi connectivity index (χ3n) is 6.61. The number of carbonyl (C=O) groups excluding carboxylic acids is 2. The Balaban J connectivity index is 1.18. The predicted molar refractivity (Wildman–Crippen MR) is 161 cm³/mol. The molecule has 4 aromatic carbocycles. The van der Waals surface area contributed by atoms with Crippen molar-refractivity contribution in [2.45, 2.75) is 6.42 Å². The number of amides is 2. The summed E-state index contributed by atoms with van der Waals surface area (Å²) >= 11 is 0. The number of nitrogens with one attached hydrogen (secondary N) is 2. The summed E-state index contributed by atoms with van der Waals surface area (Å²) in [6, 6.07) is 33.4. The lowest BCUT2D eigenvalue weighted by atomic mass is 10.1. The highest BCUT2D eigenvalue weighted by molar-refractivity contribution is 6.05. The number of hydrogen-bond donors (Lipinski definition) is 3. The van der Waals surface area contributed by atoms with Crippen molar-refractivity contribution < 1.29 is 18.7 Å². The molecule has 0 aliphatic heterocycles. The monoisotopic (exact) mass is 548 g/mol.